The van der Waals surface area contributed by atoms with Crippen LogP contribution in [0, 0.1) is 0 Å². The highest BCUT2D eigenvalue weighted by Gasteiger charge is 2.18. The third-order valence-corrected chi connectivity index (χ3v) is 4.39. The molecule has 8 nitrogen and oxygen atoms in total. The Morgan fingerprint density at radius 2 is 1.46 bits per heavy atom. The minimum Gasteiger partial charge on any atom is -0.493 e. The number of hydrogen-bond donors (Lipinski definition) is 1. The summed E-state index contributed by atoms with van der Waals surface area (Å²) in [5.41, 5.74) is 9.57. The molecule has 0 radical (unpaired) electrons. The lowest BCUT2D eigenvalue weighted by molar-refractivity contribution is 0.324. The van der Waals surface area contributed by atoms with Gasteiger partial charge in [0.2, 0.25) is 5.75 Å². The minimum absolute atomic E-state index is 0.512. The predicted molar refractivity (Wildman–Crippen MR) is 106 cm³/mol. The van der Waals surface area contributed by atoms with E-state index in [1.54, 1.807) is 25.8 Å². The minimum atomic E-state index is 0.512. The van der Waals surface area contributed by atoms with E-state index in [0.29, 0.717) is 34.4 Å². The molecule has 0 aliphatic carbocycles. The molecule has 8 heteroatoms. The molecule has 142 valence electrons. The fourth-order valence-corrected chi connectivity index (χ4v) is 2.99. The maximum absolute atomic E-state index is 5.78. The first-order valence-electron chi connectivity index (χ1n) is 8.53. The van der Waals surface area contributed by atoms with E-state index in [2.05, 4.69) is 10.2 Å². The number of nitrogens with zero attached hydrogens (tertiary/aromatic N) is 4. The summed E-state index contributed by atoms with van der Waals surface area (Å²) < 4.78 is 18.0. The second-order valence-corrected chi connectivity index (χ2v) is 6.05. The molecule has 0 saturated heterocycles. The van der Waals surface area contributed by atoms with Crippen molar-refractivity contribution in [1.82, 2.24) is 19.8 Å². The molecule has 0 atom stereocenters. The van der Waals surface area contributed by atoms with Gasteiger partial charge in [-0.15, -0.1) is 10.2 Å². The molecular formula is C20H19N5O3. The molecule has 0 aliphatic rings. The molecule has 0 fully saturated rings. The summed E-state index contributed by atoms with van der Waals surface area (Å²) in [7, 11) is 4.70. The van der Waals surface area contributed by atoms with Crippen molar-refractivity contribution in [2.24, 2.45) is 0 Å². The van der Waals surface area contributed by atoms with Gasteiger partial charge in [-0.25, -0.2) is 0 Å². The van der Waals surface area contributed by atoms with Crippen molar-refractivity contribution in [3.8, 4) is 39.9 Å². The van der Waals surface area contributed by atoms with Gasteiger partial charge in [-0.1, -0.05) is 12.1 Å². The Balaban J connectivity index is 1.87. The molecule has 0 unspecified atom stereocenters. The average Bonchev–Trinajstić information content (AvgIpc) is 3.16. The van der Waals surface area contributed by atoms with Crippen molar-refractivity contribution < 1.29 is 14.2 Å². The van der Waals surface area contributed by atoms with E-state index >= 15 is 0 Å². The molecule has 2 aromatic heterocycles. The predicted octanol–water partition coefficient (Wildman–Crippen LogP) is 3.07. The number of nitrogen functional groups attached to an aromatic ring is 1. The van der Waals surface area contributed by atoms with Crippen LogP contribution >= 0.6 is 0 Å². The lowest BCUT2D eigenvalue weighted by Gasteiger charge is -2.13. The third-order valence-electron chi connectivity index (χ3n) is 4.39. The first kappa shape index (κ1) is 17.6. The number of anilines is 1. The van der Waals surface area contributed by atoms with Crippen molar-refractivity contribution >= 4 is 11.3 Å². The van der Waals surface area contributed by atoms with Crippen LogP contribution in [0.5, 0.6) is 17.2 Å². The molecule has 0 spiro atoms. The zero-order valence-electron chi connectivity index (χ0n) is 15.7. The molecule has 4 aromatic rings. The van der Waals surface area contributed by atoms with E-state index < -0.39 is 0 Å². The summed E-state index contributed by atoms with van der Waals surface area (Å²) in [5, 5.41) is 13.2. The highest BCUT2D eigenvalue weighted by molar-refractivity contribution is 5.69. The van der Waals surface area contributed by atoms with Gasteiger partial charge in [0.05, 0.1) is 27.0 Å². The molecule has 2 aromatic carbocycles. The van der Waals surface area contributed by atoms with Crippen LogP contribution in [0.4, 0.5) is 5.69 Å². The Labute approximate surface area is 161 Å². The van der Waals surface area contributed by atoms with Gasteiger partial charge in [-0.2, -0.15) is 9.61 Å². The van der Waals surface area contributed by atoms with E-state index in [-0.39, 0.29) is 0 Å². The topological polar surface area (TPSA) is 96.8 Å². The van der Waals surface area contributed by atoms with Crippen molar-refractivity contribution in [2.45, 2.75) is 0 Å². The van der Waals surface area contributed by atoms with Gasteiger partial charge in [0.1, 0.15) is 0 Å². The highest BCUT2D eigenvalue weighted by Crippen LogP contribution is 2.40. The molecule has 0 saturated carbocycles. The molecule has 2 N–H and O–H groups in total. The number of aromatic nitrogens is 4. The maximum Gasteiger partial charge on any atom is 0.203 e. The van der Waals surface area contributed by atoms with Crippen molar-refractivity contribution in [3.63, 3.8) is 0 Å². The van der Waals surface area contributed by atoms with Crippen LogP contribution in [0.15, 0.2) is 48.5 Å². The normalized spacial score (nSPS) is 10.8. The number of methoxy groups -OCH3 is 3. The number of benzene rings is 2. The third kappa shape index (κ3) is 2.94. The largest absolute Gasteiger partial charge is 0.493 e. The van der Waals surface area contributed by atoms with E-state index in [9.17, 15) is 0 Å². The Hall–Kier alpha value is -3.81. The number of rotatable bonds is 5. The van der Waals surface area contributed by atoms with Gasteiger partial charge in [0, 0.05) is 16.8 Å². The molecule has 4 rings (SSSR count). The first-order valence-corrected chi connectivity index (χ1v) is 8.53. The Kier molecular flexibility index (Phi) is 4.44. The summed E-state index contributed by atoms with van der Waals surface area (Å²) in [6, 6.07) is 14.9. The molecule has 0 amide bonds. The summed E-state index contributed by atoms with van der Waals surface area (Å²) in [6.07, 6.45) is 0. The highest BCUT2D eigenvalue weighted by atomic mass is 16.5. The number of nitrogens with two attached hydrogens (primary N) is 1. The second kappa shape index (κ2) is 7.07. The summed E-state index contributed by atoms with van der Waals surface area (Å²) in [6.45, 7) is 0. The van der Waals surface area contributed by atoms with E-state index in [0.717, 1.165) is 16.8 Å². The van der Waals surface area contributed by atoms with E-state index in [4.69, 9.17) is 25.0 Å². The molecule has 28 heavy (non-hydrogen) atoms. The fraction of sp³-hybridized carbons (Fsp3) is 0.150. The second-order valence-electron chi connectivity index (χ2n) is 6.05. The SMILES string of the molecule is COc1cc(-c2nnc3ccc(-c4ccc(N)cc4)nn23)cc(OC)c1OC. The molecule has 2 heterocycles. The zero-order valence-corrected chi connectivity index (χ0v) is 15.7. The standard InChI is InChI=1S/C20H19N5O3/c1-26-16-10-13(11-17(27-2)19(16)28-3)20-23-22-18-9-8-15(24-25(18)20)12-4-6-14(21)7-5-12/h4-11H,21H2,1-3H3. The van der Waals surface area contributed by atoms with Gasteiger partial charge < -0.3 is 19.9 Å². The van der Waals surface area contributed by atoms with Crippen LogP contribution in [-0.4, -0.2) is 41.1 Å². The smallest absolute Gasteiger partial charge is 0.203 e. The van der Waals surface area contributed by atoms with Gasteiger partial charge in [-0.3, -0.25) is 0 Å². The number of ether oxygens (including phenoxy) is 3. The first-order chi connectivity index (χ1) is 13.6. The van der Waals surface area contributed by atoms with Crippen molar-refractivity contribution in [2.75, 3.05) is 27.1 Å². The summed E-state index contributed by atoms with van der Waals surface area (Å²) in [5.74, 6) is 2.14. The average molecular weight is 377 g/mol. The Morgan fingerprint density at radius 3 is 2.07 bits per heavy atom. The number of hydrogen-bond acceptors (Lipinski definition) is 7. The van der Waals surface area contributed by atoms with E-state index in [1.807, 2.05) is 48.5 Å². The lowest BCUT2D eigenvalue weighted by Crippen LogP contribution is -1.99. The van der Waals surface area contributed by atoms with Crippen molar-refractivity contribution in [1.29, 1.82) is 0 Å². The quantitative estimate of drug-likeness (QED) is 0.534. The van der Waals surface area contributed by atoms with Gasteiger partial charge in [0.15, 0.2) is 23.0 Å². The molecular weight excluding hydrogens is 358 g/mol. The summed E-state index contributed by atoms with van der Waals surface area (Å²) >= 11 is 0. The van der Waals surface area contributed by atoms with Gasteiger partial charge in [-0.05, 0) is 36.4 Å². The summed E-state index contributed by atoms with van der Waals surface area (Å²) in [4.78, 5) is 0. The Morgan fingerprint density at radius 1 is 0.786 bits per heavy atom. The van der Waals surface area contributed by atoms with Crippen LogP contribution in [0.3, 0.4) is 0 Å². The van der Waals surface area contributed by atoms with Crippen molar-refractivity contribution in [3.05, 3.63) is 48.5 Å². The lowest BCUT2D eigenvalue weighted by atomic mass is 10.1. The van der Waals surface area contributed by atoms with Crippen LogP contribution in [0.25, 0.3) is 28.3 Å². The van der Waals surface area contributed by atoms with Crippen LogP contribution < -0.4 is 19.9 Å². The van der Waals surface area contributed by atoms with Gasteiger partial charge >= 0.3 is 0 Å². The van der Waals surface area contributed by atoms with Crippen LogP contribution in [-0.2, 0) is 0 Å². The fourth-order valence-electron chi connectivity index (χ4n) is 2.99. The maximum atomic E-state index is 5.78. The molecule has 0 aliphatic heterocycles. The molecule has 0 bridgehead atoms. The van der Waals surface area contributed by atoms with Gasteiger partial charge in [0.25, 0.3) is 0 Å². The van der Waals surface area contributed by atoms with E-state index in [1.165, 1.54) is 0 Å². The number of fused-ring (bicyclic) bond motifs is 1. The Bertz CT molecular complexity index is 1110. The monoisotopic (exact) mass is 377 g/mol. The van der Waals surface area contributed by atoms with Crippen LogP contribution in [0.1, 0.15) is 0 Å². The zero-order chi connectivity index (χ0) is 19.7. The van der Waals surface area contributed by atoms with Crippen LogP contribution in [0.2, 0.25) is 0 Å².